The van der Waals surface area contributed by atoms with E-state index in [0.717, 1.165) is 24.5 Å². The first-order valence-electron chi connectivity index (χ1n) is 8.12. The molecule has 0 bridgehead atoms. The highest BCUT2D eigenvalue weighted by Crippen LogP contribution is 2.39. The minimum atomic E-state index is -0.406. The lowest BCUT2D eigenvalue weighted by Crippen LogP contribution is -2.34. The Morgan fingerprint density at radius 1 is 1.38 bits per heavy atom. The summed E-state index contributed by atoms with van der Waals surface area (Å²) in [5, 5.41) is 3.33. The van der Waals surface area contributed by atoms with Gasteiger partial charge in [0.1, 0.15) is 5.82 Å². The number of anilines is 1. The molecule has 0 aromatic heterocycles. The van der Waals surface area contributed by atoms with Crippen LogP contribution in [-0.2, 0) is 9.59 Å². The average Bonchev–Trinajstić information content (AvgIpc) is 3.04. The number of nitrogens with one attached hydrogen (secondary N) is 1. The maximum atomic E-state index is 13.1. The standard InChI is InChI=1S/C17H23FN2O2S2/c1-20(12-16(21)19-14-6-4-5-13(18)11-14)17(22)8-3-2-7-15-9-10-23-24-15/h4-6,11,15H,2-3,7-10,12H2,1H3,(H,19,21)/t15-/m0/s1. The minimum absolute atomic E-state index is 0.0233. The maximum Gasteiger partial charge on any atom is 0.243 e. The summed E-state index contributed by atoms with van der Waals surface area (Å²) in [6.45, 7) is -0.0233. The largest absolute Gasteiger partial charge is 0.336 e. The third-order valence-electron chi connectivity index (χ3n) is 3.81. The summed E-state index contributed by atoms with van der Waals surface area (Å²) in [6.07, 6.45) is 4.80. The quantitative estimate of drug-likeness (QED) is 0.556. The minimum Gasteiger partial charge on any atom is -0.336 e. The molecule has 0 spiro atoms. The number of halogens is 1. The summed E-state index contributed by atoms with van der Waals surface area (Å²) in [7, 11) is 5.51. The molecule has 2 amide bonds. The van der Waals surface area contributed by atoms with Crippen LogP contribution in [0.15, 0.2) is 24.3 Å². The number of rotatable bonds is 8. The van der Waals surface area contributed by atoms with Crippen molar-refractivity contribution in [2.24, 2.45) is 0 Å². The van der Waals surface area contributed by atoms with Gasteiger partial charge in [-0.25, -0.2) is 4.39 Å². The molecule has 1 aromatic rings. The van der Waals surface area contributed by atoms with E-state index in [1.807, 2.05) is 21.6 Å². The number of hydrogen-bond donors (Lipinski definition) is 1. The van der Waals surface area contributed by atoms with E-state index in [0.29, 0.717) is 12.1 Å². The molecule has 1 atom stereocenters. The van der Waals surface area contributed by atoms with Crippen LogP contribution in [0.25, 0.3) is 0 Å². The maximum absolute atomic E-state index is 13.1. The fourth-order valence-electron chi connectivity index (χ4n) is 2.47. The third kappa shape index (κ3) is 6.73. The van der Waals surface area contributed by atoms with E-state index in [4.69, 9.17) is 0 Å². The fraction of sp³-hybridized carbons (Fsp3) is 0.529. The Kier molecular flexibility index (Phi) is 7.91. The Balaban J connectivity index is 1.63. The molecule has 24 heavy (non-hydrogen) atoms. The second-order valence-corrected chi connectivity index (χ2v) is 8.67. The topological polar surface area (TPSA) is 49.4 Å². The van der Waals surface area contributed by atoms with Gasteiger partial charge in [-0.3, -0.25) is 9.59 Å². The average molecular weight is 371 g/mol. The molecule has 0 aliphatic carbocycles. The highest BCUT2D eigenvalue weighted by molar-refractivity contribution is 8.77. The van der Waals surface area contributed by atoms with E-state index in [9.17, 15) is 14.0 Å². The molecule has 1 heterocycles. The summed E-state index contributed by atoms with van der Waals surface area (Å²) < 4.78 is 13.1. The lowest BCUT2D eigenvalue weighted by atomic mass is 10.1. The lowest BCUT2D eigenvalue weighted by molar-refractivity contribution is -0.133. The monoisotopic (exact) mass is 370 g/mol. The van der Waals surface area contributed by atoms with Crippen LogP contribution < -0.4 is 5.32 Å². The number of hydrogen-bond acceptors (Lipinski definition) is 4. The van der Waals surface area contributed by atoms with Crippen molar-refractivity contribution in [2.45, 2.75) is 37.4 Å². The molecule has 1 aliphatic rings. The normalized spacial score (nSPS) is 16.8. The first kappa shape index (κ1) is 19.1. The van der Waals surface area contributed by atoms with Crippen molar-refractivity contribution in [3.63, 3.8) is 0 Å². The molecule has 1 N–H and O–H groups in total. The van der Waals surface area contributed by atoms with Crippen LogP contribution in [-0.4, -0.2) is 41.3 Å². The number of benzene rings is 1. The fourth-order valence-corrected chi connectivity index (χ4v) is 5.50. The summed E-state index contributed by atoms with van der Waals surface area (Å²) in [5.41, 5.74) is 0.396. The van der Waals surface area contributed by atoms with Crippen LogP contribution in [0.3, 0.4) is 0 Å². The van der Waals surface area contributed by atoms with Crippen molar-refractivity contribution in [1.82, 2.24) is 4.90 Å². The van der Waals surface area contributed by atoms with Crippen molar-refractivity contribution < 1.29 is 14.0 Å². The summed E-state index contributed by atoms with van der Waals surface area (Å²) >= 11 is 0. The van der Waals surface area contributed by atoms with Gasteiger partial charge in [0.15, 0.2) is 0 Å². The van der Waals surface area contributed by atoms with Crippen molar-refractivity contribution in [3.8, 4) is 0 Å². The number of likely N-dealkylation sites (N-methyl/N-ethyl adjacent to an activating group) is 1. The molecule has 0 saturated carbocycles. The van der Waals surface area contributed by atoms with Gasteiger partial charge in [0, 0.05) is 30.2 Å². The first-order chi connectivity index (χ1) is 11.5. The zero-order valence-corrected chi connectivity index (χ0v) is 15.4. The van der Waals surface area contributed by atoms with Gasteiger partial charge in [-0.05, 0) is 37.5 Å². The predicted molar refractivity (Wildman–Crippen MR) is 99.6 cm³/mol. The molecule has 2 rings (SSSR count). The predicted octanol–water partition coefficient (Wildman–Crippen LogP) is 3.94. The van der Waals surface area contributed by atoms with Gasteiger partial charge in [-0.1, -0.05) is 34.1 Å². The lowest BCUT2D eigenvalue weighted by Gasteiger charge is -2.17. The smallest absolute Gasteiger partial charge is 0.243 e. The molecule has 132 valence electrons. The zero-order valence-electron chi connectivity index (χ0n) is 13.8. The Morgan fingerprint density at radius 2 is 2.21 bits per heavy atom. The van der Waals surface area contributed by atoms with E-state index >= 15 is 0 Å². The van der Waals surface area contributed by atoms with Crippen molar-refractivity contribution in [3.05, 3.63) is 30.1 Å². The summed E-state index contributed by atoms with van der Waals surface area (Å²) in [5.74, 6) is 0.474. The Morgan fingerprint density at radius 3 is 2.92 bits per heavy atom. The van der Waals surface area contributed by atoms with Crippen LogP contribution in [0, 0.1) is 5.82 Å². The van der Waals surface area contributed by atoms with Crippen LogP contribution in [0.2, 0.25) is 0 Å². The molecular formula is C17H23FN2O2S2. The van der Waals surface area contributed by atoms with Crippen molar-refractivity contribution in [1.29, 1.82) is 0 Å². The molecular weight excluding hydrogens is 347 g/mol. The molecule has 1 saturated heterocycles. The molecule has 7 heteroatoms. The van der Waals surface area contributed by atoms with Crippen LogP contribution in [0.4, 0.5) is 10.1 Å². The van der Waals surface area contributed by atoms with E-state index < -0.39 is 5.82 Å². The van der Waals surface area contributed by atoms with E-state index in [-0.39, 0.29) is 18.4 Å². The van der Waals surface area contributed by atoms with Gasteiger partial charge < -0.3 is 10.2 Å². The van der Waals surface area contributed by atoms with Crippen LogP contribution in [0.1, 0.15) is 32.1 Å². The molecule has 1 aliphatic heterocycles. The summed E-state index contributed by atoms with van der Waals surface area (Å²) in [6, 6.07) is 5.70. The Bertz CT molecular complexity index is 565. The van der Waals surface area contributed by atoms with Crippen LogP contribution >= 0.6 is 21.6 Å². The SMILES string of the molecule is CN(CC(=O)Nc1cccc(F)c1)C(=O)CCCC[C@H]1CCSS1. The van der Waals surface area contributed by atoms with Gasteiger partial charge >= 0.3 is 0 Å². The first-order valence-corrected chi connectivity index (χ1v) is 10.5. The van der Waals surface area contributed by atoms with Gasteiger partial charge in [0.2, 0.25) is 11.8 Å². The zero-order chi connectivity index (χ0) is 17.4. The van der Waals surface area contributed by atoms with Crippen molar-refractivity contribution in [2.75, 3.05) is 24.7 Å². The highest BCUT2D eigenvalue weighted by atomic mass is 33.1. The van der Waals surface area contributed by atoms with Gasteiger partial charge in [-0.15, -0.1) is 0 Å². The summed E-state index contributed by atoms with van der Waals surface area (Å²) in [4.78, 5) is 25.4. The van der Waals surface area contributed by atoms with Gasteiger partial charge in [0.05, 0.1) is 6.54 Å². The van der Waals surface area contributed by atoms with E-state index in [2.05, 4.69) is 5.32 Å². The number of carbonyl (C=O) groups is 2. The highest BCUT2D eigenvalue weighted by Gasteiger charge is 2.17. The molecule has 0 radical (unpaired) electrons. The van der Waals surface area contributed by atoms with Crippen molar-refractivity contribution >= 4 is 39.1 Å². The van der Waals surface area contributed by atoms with Gasteiger partial charge in [0.25, 0.3) is 0 Å². The Hall–Kier alpha value is -1.21. The van der Waals surface area contributed by atoms with E-state index in [1.54, 1.807) is 13.1 Å². The third-order valence-corrected chi connectivity index (χ3v) is 6.82. The van der Waals surface area contributed by atoms with E-state index in [1.165, 1.54) is 35.3 Å². The molecule has 0 unspecified atom stereocenters. The number of amides is 2. The van der Waals surface area contributed by atoms with Gasteiger partial charge in [-0.2, -0.15) is 0 Å². The second-order valence-electron chi connectivity index (χ2n) is 5.88. The number of unbranched alkanes of at least 4 members (excludes halogenated alkanes) is 1. The number of carbonyl (C=O) groups excluding carboxylic acids is 2. The Labute approximate surface area is 150 Å². The molecule has 1 fully saturated rings. The molecule has 4 nitrogen and oxygen atoms in total. The van der Waals surface area contributed by atoms with Crippen LogP contribution in [0.5, 0.6) is 0 Å². The number of nitrogens with zero attached hydrogens (tertiary/aromatic N) is 1. The second kappa shape index (κ2) is 9.93. The molecule has 1 aromatic carbocycles.